The van der Waals surface area contributed by atoms with E-state index in [9.17, 15) is 4.79 Å². The summed E-state index contributed by atoms with van der Waals surface area (Å²) in [6.45, 7) is 6.44. The van der Waals surface area contributed by atoms with Crippen molar-refractivity contribution in [2.24, 2.45) is 0 Å². The third-order valence-electron chi connectivity index (χ3n) is 3.50. The number of pyridine rings is 1. The SMILES string of the molecule is COC(=O)c1cc(OC)cc(-c2cnccc2C(C)(C)C)c1. The predicted molar refractivity (Wildman–Crippen MR) is 86.3 cm³/mol. The minimum atomic E-state index is -0.388. The topological polar surface area (TPSA) is 48.4 Å². The molecule has 0 atom stereocenters. The highest BCUT2D eigenvalue weighted by Crippen LogP contribution is 2.34. The Morgan fingerprint density at radius 2 is 1.86 bits per heavy atom. The van der Waals surface area contributed by atoms with Crippen LogP contribution in [0.3, 0.4) is 0 Å². The lowest BCUT2D eigenvalue weighted by Crippen LogP contribution is -2.13. The molecule has 0 fully saturated rings. The van der Waals surface area contributed by atoms with Crippen LogP contribution in [0.25, 0.3) is 11.1 Å². The fraction of sp³-hybridized carbons (Fsp3) is 0.333. The van der Waals surface area contributed by atoms with Gasteiger partial charge in [0.15, 0.2) is 0 Å². The average molecular weight is 299 g/mol. The molecule has 2 aromatic rings. The van der Waals surface area contributed by atoms with Crippen LogP contribution >= 0.6 is 0 Å². The standard InChI is InChI=1S/C18H21NO3/c1-18(2,3)16-6-7-19-11-15(16)12-8-13(17(20)22-5)10-14(9-12)21-4/h6-11H,1-5H3. The van der Waals surface area contributed by atoms with Crippen molar-refractivity contribution in [2.75, 3.05) is 14.2 Å². The Kier molecular flexibility index (Phi) is 4.50. The van der Waals surface area contributed by atoms with Crippen molar-refractivity contribution in [3.63, 3.8) is 0 Å². The highest BCUT2D eigenvalue weighted by Gasteiger charge is 2.20. The highest BCUT2D eigenvalue weighted by molar-refractivity contribution is 5.92. The largest absolute Gasteiger partial charge is 0.497 e. The van der Waals surface area contributed by atoms with Crippen LogP contribution in [0.5, 0.6) is 5.75 Å². The number of esters is 1. The Morgan fingerprint density at radius 1 is 1.14 bits per heavy atom. The normalized spacial score (nSPS) is 11.1. The Labute approximate surface area is 131 Å². The Balaban J connectivity index is 2.65. The fourth-order valence-corrected chi connectivity index (χ4v) is 2.39. The van der Waals surface area contributed by atoms with E-state index in [-0.39, 0.29) is 11.4 Å². The van der Waals surface area contributed by atoms with Gasteiger partial charge in [0.2, 0.25) is 0 Å². The lowest BCUT2D eigenvalue weighted by atomic mass is 9.82. The van der Waals surface area contributed by atoms with E-state index in [1.807, 2.05) is 18.3 Å². The minimum absolute atomic E-state index is 0.0349. The van der Waals surface area contributed by atoms with Crippen molar-refractivity contribution in [1.82, 2.24) is 4.98 Å². The van der Waals surface area contributed by atoms with Crippen LogP contribution in [0.15, 0.2) is 36.7 Å². The number of ether oxygens (including phenoxy) is 2. The Morgan fingerprint density at radius 3 is 2.45 bits per heavy atom. The molecule has 116 valence electrons. The molecule has 0 aliphatic carbocycles. The van der Waals surface area contributed by atoms with E-state index in [4.69, 9.17) is 9.47 Å². The van der Waals surface area contributed by atoms with Gasteiger partial charge in [0.1, 0.15) is 5.75 Å². The smallest absolute Gasteiger partial charge is 0.338 e. The van der Waals surface area contributed by atoms with Gasteiger partial charge >= 0.3 is 5.97 Å². The van der Waals surface area contributed by atoms with Crippen molar-refractivity contribution in [3.8, 4) is 16.9 Å². The molecule has 0 saturated carbocycles. The zero-order valence-electron chi connectivity index (χ0n) is 13.6. The number of carbonyl (C=O) groups excluding carboxylic acids is 1. The molecule has 1 aromatic carbocycles. The van der Waals surface area contributed by atoms with Gasteiger partial charge < -0.3 is 9.47 Å². The van der Waals surface area contributed by atoms with E-state index in [1.54, 1.807) is 25.4 Å². The van der Waals surface area contributed by atoms with Gasteiger partial charge in [0.05, 0.1) is 19.8 Å². The fourth-order valence-electron chi connectivity index (χ4n) is 2.39. The summed E-state index contributed by atoms with van der Waals surface area (Å²) in [5.74, 6) is 0.225. The molecule has 0 amide bonds. The van der Waals surface area contributed by atoms with Crippen LogP contribution in [-0.4, -0.2) is 25.2 Å². The van der Waals surface area contributed by atoms with Gasteiger partial charge in [-0.15, -0.1) is 0 Å². The maximum atomic E-state index is 11.9. The van der Waals surface area contributed by atoms with E-state index in [2.05, 4.69) is 25.8 Å². The van der Waals surface area contributed by atoms with Crippen LogP contribution in [-0.2, 0) is 10.2 Å². The van der Waals surface area contributed by atoms with E-state index in [0.717, 1.165) is 16.7 Å². The quantitative estimate of drug-likeness (QED) is 0.808. The molecule has 4 heteroatoms. The van der Waals surface area contributed by atoms with Gasteiger partial charge in [-0.2, -0.15) is 0 Å². The molecule has 4 nitrogen and oxygen atoms in total. The number of nitrogens with zero attached hydrogens (tertiary/aromatic N) is 1. The van der Waals surface area contributed by atoms with Crippen LogP contribution in [0.2, 0.25) is 0 Å². The molecule has 1 aromatic heterocycles. The summed E-state index contributed by atoms with van der Waals surface area (Å²) in [5.41, 5.74) is 3.45. The highest BCUT2D eigenvalue weighted by atomic mass is 16.5. The predicted octanol–water partition coefficient (Wildman–Crippen LogP) is 3.84. The summed E-state index contributed by atoms with van der Waals surface area (Å²) in [5, 5.41) is 0. The number of methoxy groups -OCH3 is 2. The zero-order chi connectivity index (χ0) is 16.3. The summed E-state index contributed by atoms with van der Waals surface area (Å²) < 4.78 is 10.1. The molecule has 0 saturated heterocycles. The first-order chi connectivity index (χ1) is 10.4. The van der Waals surface area contributed by atoms with Gasteiger partial charge in [-0.05, 0) is 40.8 Å². The molecular formula is C18H21NO3. The molecule has 22 heavy (non-hydrogen) atoms. The van der Waals surface area contributed by atoms with Crippen LogP contribution < -0.4 is 4.74 Å². The number of hydrogen-bond acceptors (Lipinski definition) is 4. The molecule has 0 spiro atoms. The first-order valence-electron chi connectivity index (χ1n) is 7.09. The molecule has 0 bridgehead atoms. The minimum Gasteiger partial charge on any atom is -0.497 e. The molecule has 2 rings (SSSR count). The number of carbonyl (C=O) groups is 1. The van der Waals surface area contributed by atoms with Crippen molar-refractivity contribution < 1.29 is 14.3 Å². The van der Waals surface area contributed by atoms with Gasteiger partial charge in [0.25, 0.3) is 0 Å². The molecule has 0 aliphatic rings. The number of benzene rings is 1. The second kappa shape index (κ2) is 6.18. The summed E-state index contributed by atoms with van der Waals surface area (Å²) >= 11 is 0. The van der Waals surface area contributed by atoms with Crippen LogP contribution in [0, 0.1) is 0 Å². The molecule has 1 heterocycles. The van der Waals surface area contributed by atoms with Crippen molar-refractivity contribution in [1.29, 1.82) is 0 Å². The Bertz CT molecular complexity index is 687. The Hall–Kier alpha value is -2.36. The lowest BCUT2D eigenvalue weighted by molar-refractivity contribution is 0.0600. The van der Waals surface area contributed by atoms with Crippen LogP contribution in [0.4, 0.5) is 0 Å². The maximum absolute atomic E-state index is 11.9. The summed E-state index contributed by atoms with van der Waals surface area (Å²) in [4.78, 5) is 16.1. The van der Waals surface area contributed by atoms with Gasteiger partial charge in [-0.1, -0.05) is 20.8 Å². The third kappa shape index (κ3) is 3.27. The lowest BCUT2D eigenvalue weighted by Gasteiger charge is -2.23. The monoisotopic (exact) mass is 299 g/mol. The summed E-state index contributed by atoms with van der Waals surface area (Å²) in [6, 6.07) is 7.38. The van der Waals surface area contributed by atoms with Gasteiger partial charge in [-0.3, -0.25) is 4.98 Å². The average Bonchev–Trinajstić information content (AvgIpc) is 2.52. The van der Waals surface area contributed by atoms with E-state index in [0.29, 0.717) is 11.3 Å². The molecule has 0 unspecified atom stereocenters. The van der Waals surface area contributed by atoms with Crippen LogP contribution in [0.1, 0.15) is 36.7 Å². The molecule has 0 radical (unpaired) electrons. The van der Waals surface area contributed by atoms with E-state index in [1.165, 1.54) is 7.11 Å². The third-order valence-corrected chi connectivity index (χ3v) is 3.50. The number of rotatable bonds is 3. The molecular weight excluding hydrogens is 278 g/mol. The van der Waals surface area contributed by atoms with Crippen molar-refractivity contribution in [3.05, 3.63) is 47.8 Å². The molecule has 0 N–H and O–H groups in total. The molecule has 0 aliphatic heterocycles. The number of hydrogen-bond donors (Lipinski definition) is 0. The second-order valence-corrected chi connectivity index (χ2v) is 6.11. The maximum Gasteiger partial charge on any atom is 0.338 e. The van der Waals surface area contributed by atoms with Crippen molar-refractivity contribution in [2.45, 2.75) is 26.2 Å². The van der Waals surface area contributed by atoms with E-state index < -0.39 is 0 Å². The second-order valence-electron chi connectivity index (χ2n) is 6.11. The summed E-state index contributed by atoms with van der Waals surface area (Å²) in [6.07, 6.45) is 3.60. The first-order valence-corrected chi connectivity index (χ1v) is 7.09. The van der Waals surface area contributed by atoms with Crippen molar-refractivity contribution >= 4 is 5.97 Å². The first kappa shape index (κ1) is 16.0. The number of aromatic nitrogens is 1. The summed E-state index contributed by atoms with van der Waals surface area (Å²) in [7, 11) is 2.94. The zero-order valence-corrected chi connectivity index (χ0v) is 13.6. The van der Waals surface area contributed by atoms with Gasteiger partial charge in [0, 0.05) is 18.0 Å². The van der Waals surface area contributed by atoms with E-state index >= 15 is 0 Å². The van der Waals surface area contributed by atoms with Gasteiger partial charge in [-0.25, -0.2) is 4.79 Å².